The van der Waals surface area contributed by atoms with Crippen LogP contribution in [0.4, 0.5) is 0 Å². The Morgan fingerprint density at radius 2 is 1.93 bits per heavy atom. The number of Topliss-reactive ketones (excluding diaryl/α,β-unsaturated/α-hetero) is 1. The van der Waals surface area contributed by atoms with Crippen molar-refractivity contribution in [2.24, 2.45) is 16.7 Å². The van der Waals surface area contributed by atoms with Crippen LogP contribution < -0.4 is 4.74 Å². The van der Waals surface area contributed by atoms with Crippen LogP contribution in [0.2, 0.25) is 0 Å². The number of hydrogen-bond donors (Lipinski definition) is 1. The highest BCUT2D eigenvalue weighted by molar-refractivity contribution is 7.85. The van der Waals surface area contributed by atoms with E-state index in [-0.39, 0.29) is 11.7 Å². The molecule has 0 spiro atoms. The average Bonchev–Trinajstić information content (AvgIpc) is 2.90. The van der Waals surface area contributed by atoms with Crippen molar-refractivity contribution in [1.29, 1.82) is 0 Å². The van der Waals surface area contributed by atoms with E-state index in [2.05, 4.69) is 6.92 Å². The minimum Gasteiger partial charge on any atom is -0.494 e. The number of fused-ring (bicyclic) bond motifs is 2. The number of hydrogen-bond acceptors (Lipinski definition) is 4. The van der Waals surface area contributed by atoms with Gasteiger partial charge in [-0.2, -0.15) is 8.42 Å². The Kier molecular flexibility index (Phi) is 5.25. The van der Waals surface area contributed by atoms with E-state index in [1.165, 1.54) is 0 Å². The molecule has 2 bridgehead atoms. The molecule has 2 unspecified atom stereocenters. The van der Waals surface area contributed by atoms with E-state index in [9.17, 15) is 17.8 Å². The molecule has 1 aromatic rings. The second-order valence-corrected chi connectivity index (χ2v) is 9.77. The number of unbranched alkanes of at least 4 members (excludes halogenated alkanes) is 1. The lowest BCUT2D eigenvalue weighted by atomic mass is 9.70. The van der Waals surface area contributed by atoms with Crippen LogP contribution in [-0.2, 0) is 14.9 Å². The van der Waals surface area contributed by atoms with Crippen molar-refractivity contribution in [3.05, 3.63) is 35.4 Å². The molecule has 1 aromatic carbocycles. The monoisotopic (exact) mass is 392 g/mol. The molecule has 27 heavy (non-hydrogen) atoms. The first-order valence-electron chi connectivity index (χ1n) is 9.55. The minimum atomic E-state index is -4.23. The van der Waals surface area contributed by atoms with Crippen molar-refractivity contribution in [1.82, 2.24) is 0 Å². The van der Waals surface area contributed by atoms with E-state index >= 15 is 0 Å². The first kappa shape index (κ1) is 20.1. The number of ketones is 1. The fourth-order valence-corrected chi connectivity index (χ4v) is 6.04. The molecule has 0 saturated heterocycles. The fraction of sp³-hybridized carbons (Fsp3) is 0.571. The topological polar surface area (TPSA) is 80.7 Å². The number of carbonyl (C=O) groups is 1. The number of carbonyl (C=O) groups excluding carboxylic acids is 1. The van der Waals surface area contributed by atoms with E-state index in [0.717, 1.165) is 30.6 Å². The first-order valence-corrected chi connectivity index (χ1v) is 11.2. The quantitative estimate of drug-likeness (QED) is 0.428. The molecule has 0 aromatic heterocycles. The third kappa shape index (κ3) is 3.57. The lowest BCUT2D eigenvalue weighted by Gasteiger charge is -2.34. The van der Waals surface area contributed by atoms with Gasteiger partial charge in [-0.3, -0.25) is 9.35 Å². The zero-order valence-electron chi connectivity index (χ0n) is 16.2. The van der Waals surface area contributed by atoms with Crippen LogP contribution in [0.15, 0.2) is 29.8 Å². The van der Waals surface area contributed by atoms with Gasteiger partial charge >= 0.3 is 0 Å². The summed E-state index contributed by atoms with van der Waals surface area (Å²) >= 11 is 0. The van der Waals surface area contributed by atoms with Gasteiger partial charge in [0, 0.05) is 5.57 Å². The van der Waals surface area contributed by atoms with Gasteiger partial charge in [-0.1, -0.05) is 39.3 Å². The molecule has 1 N–H and O–H groups in total. The summed E-state index contributed by atoms with van der Waals surface area (Å²) in [4.78, 5) is 13.2. The number of allylic oxidation sites excluding steroid dienone is 1. The molecule has 0 aliphatic heterocycles. The maximum Gasteiger partial charge on any atom is 0.265 e. The summed E-state index contributed by atoms with van der Waals surface area (Å²) in [5.74, 6) is 0.175. The summed E-state index contributed by atoms with van der Waals surface area (Å²) in [5, 5.41) is 0. The summed E-state index contributed by atoms with van der Waals surface area (Å²) in [5.41, 5.74) is 0.0518. The molecule has 0 radical (unpaired) electrons. The van der Waals surface area contributed by atoms with Gasteiger partial charge in [-0.15, -0.1) is 0 Å². The molecule has 6 heteroatoms. The highest BCUT2D eigenvalue weighted by atomic mass is 32.2. The van der Waals surface area contributed by atoms with E-state index < -0.39 is 26.7 Å². The Morgan fingerprint density at radius 3 is 2.52 bits per heavy atom. The molecule has 0 heterocycles. The van der Waals surface area contributed by atoms with E-state index in [4.69, 9.17) is 4.74 Å². The van der Waals surface area contributed by atoms with Crippen LogP contribution >= 0.6 is 0 Å². The Hall–Kier alpha value is -1.66. The van der Waals surface area contributed by atoms with E-state index in [1.807, 2.05) is 44.2 Å². The Morgan fingerprint density at radius 1 is 1.26 bits per heavy atom. The average molecular weight is 393 g/mol. The van der Waals surface area contributed by atoms with Crippen molar-refractivity contribution in [2.45, 2.75) is 46.5 Å². The second kappa shape index (κ2) is 7.06. The van der Waals surface area contributed by atoms with Crippen molar-refractivity contribution in [3.8, 4) is 5.75 Å². The van der Waals surface area contributed by atoms with Crippen LogP contribution in [0.1, 0.15) is 52.0 Å². The summed E-state index contributed by atoms with van der Waals surface area (Å²) < 4.78 is 38.3. The molecule has 3 rings (SSSR count). The van der Waals surface area contributed by atoms with Crippen molar-refractivity contribution < 1.29 is 22.5 Å². The summed E-state index contributed by atoms with van der Waals surface area (Å²) in [6, 6.07) is 7.60. The Balaban J connectivity index is 1.87. The molecule has 148 valence electrons. The lowest BCUT2D eigenvalue weighted by Crippen LogP contribution is -2.42. The van der Waals surface area contributed by atoms with Gasteiger partial charge in [0.05, 0.1) is 17.8 Å². The molecule has 2 atom stereocenters. The van der Waals surface area contributed by atoms with Crippen molar-refractivity contribution in [2.75, 3.05) is 12.4 Å². The molecular weight excluding hydrogens is 364 g/mol. The predicted octanol–water partition coefficient (Wildman–Crippen LogP) is 4.14. The zero-order valence-corrected chi connectivity index (χ0v) is 17.0. The van der Waals surface area contributed by atoms with Gasteiger partial charge in [0.2, 0.25) is 0 Å². The highest BCUT2D eigenvalue weighted by Crippen LogP contribution is 2.66. The normalized spacial score (nSPS) is 28.1. The summed E-state index contributed by atoms with van der Waals surface area (Å²) in [6.45, 7) is 6.68. The van der Waals surface area contributed by atoms with Crippen LogP contribution in [0.25, 0.3) is 6.08 Å². The van der Waals surface area contributed by atoms with Gasteiger partial charge in [-0.05, 0) is 54.4 Å². The summed E-state index contributed by atoms with van der Waals surface area (Å²) in [6.07, 6.45) is 5.22. The largest absolute Gasteiger partial charge is 0.494 e. The third-order valence-corrected chi connectivity index (χ3v) is 7.29. The van der Waals surface area contributed by atoms with Crippen molar-refractivity contribution in [3.63, 3.8) is 0 Å². The molecule has 0 amide bonds. The van der Waals surface area contributed by atoms with Gasteiger partial charge in [0.1, 0.15) is 5.75 Å². The maximum absolute atomic E-state index is 13.2. The van der Waals surface area contributed by atoms with Crippen LogP contribution in [0.3, 0.4) is 0 Å². The van der Waals surface area contributed by atoms with Gasteiger partial charge in [0.15, 0.2) is 5.78 Å². The van der Waals surface area contributed by atoms with Crippen LogP contribution in [0.5, 0.6) is 5.75 Å². The van der Waals surface area contributed by atoms with E-state index in [0.29, 0.717) is 18.6 Å². The van der Waals surface area contributed by atoms with Crippen molar-refractivity contribution >= 4 is 22.0 Å². The maximum atomic E-state index is 13.2. The molecule has 2 aliphatic carbocycles. The Labute approximate surface area is 161 Å². The SMILES string of the molecule is CCCCOc1ccc(C=C2C(=O)C3(CS(=O)(=O)O)CCC2C3(C)C)cc1. The fourth-order valence-electron chi connectivity index (χ4n) is 4.77. The summed E-state index contributed by atoms with van der Waals surface area (Å²) in [7, 11) is -4.23. The van der Waals surface area contributed by atoms with Gasteiger partial charge in [0.25, 0.3) is 10.1 Å². The second-order valence-electron chi connectivity index (χ2n) is 8.32. The number of ether oxygens (including phenoxy) is 1. The molecule has 2 fully saturated rings. The molecule has 2 saturated carbocycles. The van der Waals surface area contributed by atoms with E-state index in [1.54, 1.807) is 0 Å². The first-order chi connectivity index (χ1) is 12.6. The highest BCUT2D eigenvalue weighted by Gasteiger charge is 2.67. The predicted molar refractivity (Wildman–Crippen MR) is 105 cm³/mol. The molecule has 5 nitrogen and oxygen atoms in total. The standard InChI is InChI=1S/C21H28O5S/c1-4-5-12-26-16-8-6-15(7-9-16)13-17-18-10-11-21(19(17)22,20(18,2)3)14-27(23,24)25/h6-9,13,18H,4-5,10-12,14H2,1-3H3,(H,23,24,25). The van der Waals surface area contributed by atoms with Gasteiger partial charge in [-0.25, -0.2) is 0 Å². The minimum absolute atomic E-state index is 0.00670. The van der Waals surface area contributed by atoms with Gasteiger partial charge < -0.3 is 4.74 Å². The lowest BCUT2D eigenvalue weighted by molar-refractivity contribution is -0.125. The Bertz CT molecular complexity index is 851. The number of benzene rings is 1. The zero-order chi connectivity index (χ0) is 19.9. The molecular formula is C21H28O5S. The van der Waals surface area contributed by atoms with Crippen LogP contribution in [0, 0.1) is 16.7 Å². The molecule has 2 aliphatic rings. The smallest absolute Gasteiger partial charge is 0.265 e. The van der Waals surface area contributed by atoms with Crippen LogP contribution in [-0.4, -0.2) is 31.1 Å². The number of rotatable bonds is 7. The third-order valence-electron chi connectivity index (χ3n) is 6.43.